The first-order valence-electron chi connectivity index (χ1n) is 6.49. The predicted molar refractivity (Wildman–Crippen MR) is 85.8 cm³/mol. The van der Waals surface area contributed by atoms with Crippen molar-refractivity contribution in [2.24, 2.45) is 5.10 Å². The van der Waals surface area contributed by atoms with E-state index in [9.17, 15) is 9.90 Å². The van der Waals surface area contributed by atoms with Crippen LogP contribution in [0.4, 0.5) is 0 Å². The largest absolute Gasteiger partial charge is 0.507 e. The van der Waals surface area contributed by atoms with Crippen LogP contribution in [0.2, 0.25) is 5.02 Å². The van der Waals surface area contributed by atoms with Gasteiger partial charge in [-0.15, -0.1) is 0 Å². The van der Waals surface area contributed by atoms with Crippen LogP contribution in [0.1, 0.15) is 22.8 Å². The van der Waals surface area contributed by atoms with Crippen molar-refractivity contribution in [2.45, 2.75) is 6.92 Å². The van der Waals surface area contributed by atoms with Gasteiger partial charge in [-0.25, -0.2) is 5.43 Å². The molecule has 6 heteroatoms. The van der Waals surface area contributed by atoms with Gasteiger partial charge in [-0.05, 0) is 37.3 Å². The highest BCUT2D eigenvalue weighted by molar-refractivity contribution is 6.31. The molecule has 0 spiro atoms. The number of rotatable bonds is 4. The summed E-state index contributed by atoms with van der Waals surface area (Å²) in [7, 11) is 1.56. The summed E-state index contributed by atoms with van der Waals surface area (Å²) in [6.45, 7) is 1.75. The molecule has 0 fully saturated rings. The maximum atomic E-state index is 12.0. The van der Waals surface area contributed by atoms with Crippen LogP contribution in [0.5, 0.6) is 11.5 Å². The second kappa shape index (κ2) is 6.95. The van der Waals surface area contributed by atoms with E-state index in [4.69, 9.17) is 16.3 Å². The first-order valence-corrected chi connectivity index (χ1v) is 6.87. The summed E-state index contributed by atoms with van der Waals surface area (Å²) in [4.78, 5) is 12.0. The van der Waals surface area contributed by atoms with Crippen molar-refractivity contribution >= 4 is 23.2 Å². The Bertz CT molecular complexity index is 729. The normalized spacial score (nSPS) is 11.1. The summed E-state index contributed by atoms with van der Waals surface area (Å²) in [6, 6.07) is 11.6. The highest BCUT2D eigenvalue weighted by Gasteiger charge is 2.12. The number of halogens is 1. The lowest BCUT2D eigenvalue weighted by molar-refractivity contribution is 0.0952. The minimum atomic E-state index is -0.547. The molecule has 2 aromatic rings. The maximum Gasteiger partial charge on any atom is 0.275 e. The van der Waals surface area contributed by atoms with Gasteiger partial charge in [0.1, 0.15) is 11.5 Å². The summed E-state index contributed by atoms with van der Waals surface area (Å²) in [6.07, 6.45) is 0. The van der Waals surface area contributed by atoms with Gasteiger partial charge >= 0.3 is 0 Å². The third-order valence-electron chi connectivity index (χ3n) is 3.03. The molecule has 0 saturated heterocycles. The predicted octanol–water partition coefficient (Wildman–Crippen LogP) is 3.21. The summed E-state index contributed by atoms with van der Waals surface area (Å²) >= 11 is 5.82. The van der Waals surface area contributed by atoms with E-state index in [-0.39, 0.29) is 11.3 Å². The number of phenolic OH excluding ortho intramolecular Hbond substituents is 1. The lowest BCUT2D eigenvalue weighted by Crippen LogP contribution is -2.19. The molecule has 0 aliphatic carbocycles. The molecule has 0 radical (unpaired) electrons. The Hall–Kier alpha value is -2.53. The van der Waals surface area contributed by atoms with Gasteiger partial charge in [0, 0.05) is 10.6 Å². The smallest absolute Gasteiger partial charge is 0.275 e. The quantitative estimate of drug-likeness (QED) is 0.671. The van der Waals surface area contributed by atoms with Gasteiger partial charge in [0.25, 0.3) is 5.91 Å². The third kappa shape index (κ3) is 3.56. The third-order valence-corrected chi connectivity index (χ3v) is 3.26. The van der Waals surface area contributed by atoms with Crippen LogP contribution in [0.15, 0.2) is 47.6 Å². The number of amides is 1. The van der Waals surface area contributed by atoms with Crippen molar-refractivity contribution in [3.8, 4) is 11.5 Å². The van der Waals surface area contributed by atoms with Gasteiger partial charge in [-0.3, -0.25) is 4.79 Å². The molecule has 0 aromatic heterocycles. The van der Waals surface area contributed by atoms with Gasteiger partial charge in [-0.1, -0.05) is 23.7 Å². The summed E-state index contributed by atoms with van der Waals surface area (Å²) in [5.41, 5.74) is 3.79. The van der Waals surface area contributed by atoms with E-state index in [1.807, 2.05) is 18.2 Å². The Morgan fingerprint density at radius 1 is 1.23 bits per heavy atom. The number of hydrogen-bond acceptors (Lipinski definition) is 4. The Kier molecular flexibility index (Phi) is 5.01. The van der Waals surface area contributed by atoms with E-state index in [1.165, 1.54) is 18.2 Å². The standard InChI is InChI=1S/C16H15ClN2O3/c1-10(12-5-3-4-6-15(12)22-2)18-19-16(21)13-9-11(17)7-8-14(13)20/h3-9,20H,1-2H3,(H,19,21)/b18-10-. The van der Waals surface area contributed by atoms with Crippen LogP contribution in [-0.2, 0) is 0 Å². The molecule has 0 heterocycles. The second-order valence-electron chi connectivity index (χ2n) is 4.50. The maximum absolute atomic E-state index is 12.0. The van der Waals surface area contributed by atoms with Gasteiger partial charge in [0.15, 0.2) is 0 Å². The number of benzene rings is 2. The number of methoxy groups -OCH3 is 1. The van der Waals surface area contributed by atoms with Gasteiger partial charge in [-0.2, -0.15) is 5.10 Å². The SMILES string of the molecule is COc1ccccc1/C(C)=N\NC(=O)c1cc(Cl)ccc1O. The molecule has 0 saturated carbocycles. The van der Waals surface area contributed by atoms with Crippen molar-refractivity contribution in [1.29, 1.82) is 0 Å². The minimum Gasteiger partial charge on any atom is -0.507 e. The number of para-hydroxylation sites is 1. The van der Waals surface area contributed by atoms with E-state index in [2.05, 4.69) is 10.5 Å². The Balaban J connectivity index is 2.20. The summed E-state index contributed by atoms with van der Waals surface area (Å²) < 4.78 is 5.24. The van der Waals surface area contributed by atoms with Crippen LogP contribution in [0, 0.1) is 0 Å². The van der Waals surface area contributed by atoms with Crippen LogP contribution in [-0.4, -0.2) is 23.8 Å². The minimum absolute atomic E-state index is 0.0593. The van der Waals surface area contributed by atoms with Crippen LogP contribution in [0.25, 0.3) is 0 Å². The highest BCUT2D eigenvalue weighted by atomic mass is 35.5. The first-order chi connectivity index (χ1) is 10.5. The number of carbonyl (C=O) groups is 1. The van der Waals surface area contributed by atoms with E-state index in [0.717, 1.165) is 5.56 Å². The molecule has 0 atom stereocenters. The number of hydrazone groups is 1. The molecule has 0 aliphatic rings. The molecule has 1 amide bonds. The molecule has 22 heavy (non-hydrogen) atoms. The molecule has 0 unspecified atom stereocenters. The number of hydrogen-bond donors (Lipinski definition) is 2. The zero-order chi connectivity index (χ0) is 16.1. The summed E-state index contributed by atoms with van der Waals surface area (Å²) in [5.74, 6) is -0.0510. The molecule has 5 nitrogen and oxygen atoms in total. The van der Waals surface area contributed by atoms with Crippen LogP contribution in [0.3, 0.4) is 0 Å². The molecule has 114 valence electrons. The van der Waals surface area contributed by atoms with E-state index in [0.29, 0.717) is 16.5 Å². The topological polar surface area (TPSA) is 70.9 Å². The number of carbonyl (C=O) groups excluding carboxylic acids is 1. The molecule has 0 aliphatic heterocycles. The number of aromatic hydroxyl groups is 1. The Morgan fingerprint density at radius 2 is 1.95 bits per heavy atom. The fourth-order valence-corrected chi connectivity index (χ4v) is 2.06. The molecule has 0 bridgehead atoms. The van der Waals surface area contributed by atoms with Gasteiger partial charge in [0.05, 0.1) is 18.4 Å². The van der Waals surface area contributed by atoms with Crippen LogP contribution < -0.4 is 10.2 Å². The molecular formula is C16H15ClN2O3. The average Bonchev–Trinajstić information content (AvgIpc) is 2.54. The van der Waals surface area contributed by atoms with Crippen molar-refractivity contribution in [2.75, 3.05) is 7.11 Å². The number of nitrogens with zero attached hydrogens (tertiary/aromatic N) is 1. The fourth-order valence-electron chi connectivity index (χ4n) is 1.89. The van der Waals surface area contributed by atoms with Crippen molar-refractivity contribution in [3.63, 3.8) is 0 Å². The van der Waals surface area contributed by atoms with E-state index in [1.54, 1.807) is 20.1 Å². The van der Waals surface area contributed by atoms with Crippen molar-refractivity contribution in [1.82, 2.24) is 5.43 Å². The second-order valence-corrected chi connectivity index (χ2v) is 4.94. The summed E-state index contributed by atoms with van der Waals surface area (Å²) in [5, 5.41) is 14.1. The molecular weight excluding hydrogens is 304 g/mol. The Labute approximate surface area is 133 Å². The Morgan fingerprint density at radius 3 is 2.68 bits per heavy atom. The zero-order valence-electron chi connectivity index (χ0n) is 12.1. The molecule has 2 rings (SSSR count). The molecule has 2 N–H and O–H groups in total. The van der Waals surface area contributed by atoms with Crippen LogP contribution >= 0.6 is 11.6 Å². The monoisotopic (exact) mass is 318 g/mol. The van der Waals surface area contributed by atoms with E-state index < -0.39 is 5.91 Å². The molecule has 2 aromatic carbocycles. The van der Waals surface area contributed by atoms with Crippen molar-refractivity contribution < 1.29 is 14.6 Å². The van der Waals surface area contributed by atoms with Gasteiger partial charge in [0.2, 0.25) is 0 Å². The lowest BCUT2D eigenvalue weighted by atomic mass is 10.1. The number of phenols is 1. The average molecular weight is 319 g/mol. The number of ether oxygens (including phenoxy) is 1. The van der Waals surface area contributed by atoms with Crippen molar-refractivity contribution in [3.05, 3.63) is 58.6 Å². The van der Waals surface area contributed by atoms with E-state index >= 15 is 0 Å². The first kappa shape index (κ1) is 15.9. The highest BCUT2D eigenvalue weighted by Crippen LogP contribution is 2.21. The van der Waals surface area contributed by atoms with Gasteiger partial charge < -0.3 is 9.84 Å². The zero-order valence-corrected chi connectivity index (χ0v) is 12.9. The number of nitrogens with one attached hydrogen (secondary N) is 1. The fraction of sp³-hybridized carbons (Fsp3) is 0.125. The lowest BCUT2D eigenvalue weighted by Gasteiger charge is -2.08.